The predicted octanol–water partition coefficient (Wildman–Crippen LogP) is -1.30. The molecular weight excluding hydrogens is 140 g/mol. The summed E-state index contributed by atoms with van der Waals surface area (Å²) < 4.78 is 0. The van der Waals surface area contributed by atoms with Gasteiger partial charge in [0.2, 0.25) is 0 Å². The van der Waals surface area contributed by atoms with Crippen molar-refractivity contribution in [2.75, 3.05) is 33.2 Å². The Balaban J connectivity index is 3.22. The SMILES string of the molecule is CCNCC[NH+](C)CC(C)=O. The first-order valence-corrected chi connectivity index (χ1v) is 4.18. The number of likely N-dealkylation sites (N-methyl/N-ethyl adjacent to an activating group) is 2. The van der Waals surface area contributed by atoms with Crippen molar-refractivity contribution in [2.45, 2.75) is 13.8 Å². The van der Waals surface area contributed by atoms with Crippen molar-refractivity contribution in [3.05, 3.63) is 0 Å². The summed E-state index contributed by atoms with van der Waals surface area (Å²) in [5.41, 5.74) is 0. The van der Waals surface area contributed by atoms with E-state index < -0.39 is 0 Å². The van der Waals surface area contributed by atoms with Crippen LogP contribution in [0.1, 0.15) is 13.8 Å². The molecule has 0 heterocycles. The zero-order valence-corrected chi connectivity index (χ0v) is 7.74. The van der Waals surface area contributed by atoms with Crippen LogP contribution in [0.4, 0.5) is 0 Å². The van der Waals surface area contributed by atoms with Crippen LogP contribution >= 0.6 is 0 Å². The Labute approximate surface area is 68.8 Å². The summed E-state index contributed by atoms with van der Waals surface area (Å²) in [6.07, 6.45) is 0. The number of carbonyl (C=O) groups is 1. The van der Waals surface area contributed by atoms with Crippen molar-refractivity contribution in [1.82, 2.24) is 5.32 Å². The molecule has 0 amide bonds. The van der Waals surface area contributed by atoms with E-state index in [9.17, 15) is 4.79 Å². The lowest BCUT2D eigenvalue weighted by Crippen LogP contribution is -3.10. The Kier molecular flexibility index (Phi) is 6.07. The lowest BCUT2D eigenvalue weighted by molar-refractivity contribution is -0.869. The van der Waals surface area contributed by atoms with E-state index >= 15 is 0 Å². The summed E-state index contributed by atoms with van der Waals surface area (Å²) in [4.78, 5) is 11.9. The van der Waals surface area contributed by atoms with Crippen LogP contribution in [0.5, 0.6) is 0 Å². The zero-order chi connectivity index (χ0) is 8.69. The predicted molar refractivity (Wildman–Crippen MR) is 45.8 cm³/mol. The number of hydrogen-bond acceptors (Lipinski definition) is 2. The minimum Gasteiger partial charge on any atom is -0.330 e. The minimum absolute atomic E-state index is 0.263. The Hall–Kier alpha value is -0.410. The highest BCUT2D eigenvalue weighted by atomic mass is 16.1. The second kappa shape index (κ2) is 6.31. The van der Waals surface area contributed by atoms with Crippen molar-refractivity contribution in [3.8, 4) is 0 Å². The van der Waals surface area contributed by atoms with Gasteiger partial charge in [0, 0.05) is 13.5 Å². The number of Topliss-reactive ketones (excluding diaryl/α,β-unsaturated/α-hetero) is 1. The Morgan fingerprint density at radius 3 is 2.64 bits per heavy atom. The highest BCUT2D eigenvalue weighted by Gasteiger charge is 2.02. The number of hydrogen-bond donors (Lipinski definition) is 2. The van der Waals surface area contributed by atoms with E-state index in [1.807, 2.05) is 7.05 Å². The molecule has 0 aromatic rings. The van der Waals surface area contributed by atoms with Crippen LogP contribution in [-0.4, -0.2) is 39.0 Å². The third-order valence-corrected chi connectivity index (χ3v) is 1.53. The van der Waals surface area contributed by atoms with Crippen molar-refractivity contribution in [3.63, 3.8) is 0 Å². The minimum atomic E-state index is 0.263. The normalized spacial score (nSPS) is 13.0. The second-order valence-electron chi connectivity index (χ2n) is 2.94. The molecule has 0 aliphatic heterocycles. The number of nitrogens with one attached hydrogen (secondary N) is 2. The van der Waals surface area contributed by atoms with Gasteiger partial charge in [-0.05, 0) is 6.54 Å². The first kappa shape index (κ1) is 10.6. The molecule has 0 fully saturated rings. The number of rotatable bonds is 6. The molecule has 0 saturated heterocycles. The molecule has 0 aromatic heterocycles. The van der Waals surface area contributed by atoms with Crippen LogP contribution in [-0.2, 0) is 4.79 Å². The van der Waals surface area contributed by atoms with Gasteiger partial charge in [0.25, 0.3) is 0 Å². The van der Waals surface area contributed by atoms with Gasteiger partial charge < -0.3 is 10.2 Å². The van der Waals surface area contributed by atoms with E-state index in [1.54, 1.807) is 6.92 Å². The third-order valence-electron chi connectivity index (χ3n) is 1.53. The Bertz CT molecular complexity index is 115. The van der Waals surface area contributed by atoms with Crippen LogP contribution in [0.15, 0.2) is 0 Å². The van der Waals surface area contributed by atoms with Crippen molar-refractivity contribution in [2.24, 2.45) is 0 Å². The van der Waals surface area contributed by atoms with E-state index in [1.165, 1.54) is 4.90 Å². The van der Waals surface area contributed by atoms with Gasteiger partial charge in [-0.2, -0.15) is 0 Å². The largest absolute Gasteiger partial charge is 0.330 e. The van der Waals surface area contributed by atoms with Crippen LogP contribution in [0, 0.1) is 0 Å². The van der Waals surface area contributed by atoms with E-state index in [4.69, 9.17) is 0 Å². The molecule has 0 radical (unpaired) electrons. The molecule has 0 aliphatic carbocycles. The van der Waals surface area contributed by atoms with Gasteiger partial charge in [-0.15, -0.1) is 0 Å². The molecular formula is C8H19N2O+. The quantitative estimate of drug-likeness (QED) is 0.472. The van der Waals surface area contributed by atoms with E-state index in [0.717, 1.165) is 19.6 Å². The number of carbonyl (C=O) groups excluding carboxylic acids is 1. The van der Waals surface area contributed by atoms with Gasteiger partial charge in [-0.3, -0.25) is 4.79 Å². The Morgan fingerprint density at radius 1 is 1.55 bits per heavy atom. The highest BCUT2D eigenvalue weighted by Crippen LogP contribution is 1.57. The molecule has 66 valence electrons. The summed E-state index contributed by atoms with van der Waals surface area (Å²) in [5, 5.41) is 3.22. The summed E-state index contributed by atoms with van der Waals surface area (Å²) in [5.74, 6) is 0.263. The maximum absolute atomic E-state index is 10.6. The fraction of sp³-hybridized carbons (Fsp3) is 0.875. The average molecular weight is 159 g/mol. The maximum atomic E-state index is 10.6. The van der Waals surface area contributed by atoms with E-state index in [0.29, 0.717) is 6.54 Å². The summed E-state index contributed by atoms with van der Waals surface area (Å²) >= 11 is 0. The molecule has 1 atom stereocenters. The van der Waals surface area contributed by atoms with Gasteiger partial charge in [-0.25, -0.2) is 0 Å². The fourth-order valence-corrected chi connectivity index (χ4v) is 0.992. The topological polar surface area (TPSA) is 33.5 Å². The zero-order valence-electron chi connectivity index (χ0n) is 7.74. The number of ketones is 1. The first-order valence-electron chi connectivity index (χ1n) is 4.18. The van der Waals surface area contributed by atoms with Gasteiger partial charge in [0.15, 0.2) is 5.78 Å². The van der Waals surface area contributed by atoms with Crippen LogP contribution in [0.2, 0.25) is 0 Å². The number of quaternary nitrogens is 1. The fourth-order valence-electron chi connectivity index (χ4n) is 0.992. The lowest BCUT2D eigenvalue weighted by Gasteiger charge is -2.11. The molecule has 0 rings (SSSR count). The van der Waals surface area contributed by atoms with Gasteiger partial charge in [0.1, 0.15) is 6.54 Å². The van der Waals surface area contributed by atoms with Crippen LogP contribution in [0.3, 0.4) is 0 Å². The van der Waals surface area contributed by atoms with Gasteiger partial charge in [-0.1, -0.05) is 6.92 Å². The molecule has 3 nitrogen and oxygen atoms in total. The molecule has 0 aromatic carbocycles. The molecule has 0 spiro atoms. The lowest BCUT2D eigenvalue weighted by atomic mass is 10.4. The first-order chi connectivity index (χ1) is 5.16. The van der Waals surface area contributed by atoms with Crippen LogP contribution in [0.25, 0.3) is 0 Å². The third kappa shape index (κ3) is 7.49. The smallest absolute Gasteiger partial charge is 0.183 e. The molecule has 2 N–H and O–H groups in total. The molecule has 1 unspecified atom stereocenters. The van der Waals surface area contributed by atoms with E-state index in [-0.39, 0.29) is 5.78 Å². The van der Waals surface area contributed by atoms with Crippen molar-refractivity contribution >= 4 is 5.78 Å². The molecule has 11 heavy (non-hydrogen) atoms. The monoisotopic (exact) mass is 159 g/mol. The molecule has 3 heteroatoms. The van der Waals surface area contributed by atoms with Crippen molar-refractivity contribution in [1.29, 1.82) is 0 Å². The standard InChI is InChI=1S/C8H18N2O/c1-4-9-5-6-10(3)7-8(2)11/h9H,4-7H2,1-3H3/p+1. The average Bonchev–Trinajstić information content (AvgIpc) is 1.86. The summed E-state index contributed by atoms with van der Waals surface area (Å²) in [6.45, 7) is 7.39. The molecule has 0 bridgehead atoms. The summed E-state index contributed by atoms with van der Waals surface area (Å²) in [7, 11) is 2.04. The van der Waals surface area contributed by atoms with E-state index in [2.05, 4.69) is 12.2 Å². The van der Waals surface area contributed by atoms with Gasteiger partial charge >= 0.3 is 0 Å². The highest BCUT2D eigenvalue weighted by molar-refractivity contribution is 5.76. The van der Waals surface area contributed by atoms with Crippen molar-refractivity contribution < 1.29 is 9.69 Å². The maximum Gasteiger partial charge on any atom is 0.183 e. The Morgan fingerprint density at radius 2 is 2.18 bits per heavy atom. The summed E-state index contributed by atoms with van der Waals surface area (Å²) in [6, 6.07) is 0. The second-order valence-corrected chi connectivity index (χ2v) is 2.94. The van der Waals surface area contributed by atoms with Gasteiger partial charge in [0.05, 0.1) is 13.6 Å². The van der Waals surface area contributed by atoms with Crippen LogP contribution < -0.4 is 10.2 Å². The molecule has 0 aliphatic rings. The molecule has 0 saturated carbocycles.